The molecule has 0 N–H and O–H groups in total. The second kappa shape index (κ2) is 8.42. The summed E-state index contributed by atoms with van der Waals surface area (Å²) in [5.74, 6) is -0.241. The Hall–Kier alpha value is -1.58. The molecule has 0 aliphatic carbocycles. The second-order valence-corrected chi connectivity index (χ2v) is 7.92. The predicted octanol–water partition coefficient (Wildman–Crippen LogP) is 3.97. The molecular weight excluding hydrogens is 461 g/mol. The van der Waals surface area contributed by atoms with Crippen molar-refractivity contribution in [2.45, 2.75) is 26.2 Å². The average Bonchev–Trinajstić information content (AvgIpc) is 2.91. The van der Waals surface area contributed by atoms with Crippen LogP contribution >= 0.6 is 27.5 Å². The van der Waals surface area contributed by atoms with Crippen LogP contribution in [-0.4, -0.2) is 51.7 Å². The van der Waals surface area contributed by atoms with E-state index in [1.54, 1.807) is 4.90 Å². The molecule has 1 saturated heterocycles. The zero-order valence-electron chi connectivity index (χ0n) is 15.1. The first-order valence-corrected chi connectivity index (χ1v) is 9.87. The predicted molar refractivity (Wildman–Crippen MR) is 103 cm³/mol. The van der Waals surface area contributed by atoms with E-state index in [1.807, 2.05) is 24.3 Å². The topological polar surface area (TPSA) is 41.4 Å². The van der Waals surface area contributed by atoms with E-state index in [0.29, 0.717) is 31.2 Å². The van der Waals surface area contributed by atoms with Crippen LogP contribution in [-0.2, 0) is 24.1 Å². The number of carbonyl (C=O) groups is 1. The third-order valence-electron chi connectivity index (χ3n) is 4.71. The zero-order chi connectivity index (χ0) is 20.5. The highest BCUT2D eigenvalue weighted by Gasteiger charge is 2.38. The minimum atomic E-state index is -4.57. The molecule has 1 amide bonds. The lowest BCUT2D eigenvalue weighted by Crippen LogP contribution is -2.49. The summed E-state index contributed by atoms with van der Waals surface area (Å²) in [6, 6.07) is 7.63. The molecule has 2 heterocycles. The number of carbonyl (C=O) groups excluding carboxylic acids is 1. The van der Waals surface area contributed by atoms with Gasteiger partial charge >= 0.3 is 6.18 Å². The van der Waals surface area contributed by atoms with Crippen LogP contribution in [0.5, 0.6) is 0 Å². The number of benzene rings is 1. The largest absolute Gasteiger partial charge is 0.436 e. The number of aromatic nitrogens is 2. The van der Waals surface area contributed by atoms with E-state index < -0.39 is 11.9 Å². The molecule has 0 spiro atoms. The van der Waals surface area contributed by atoms with Gasteiger partial charge < -0.3 is 4.90 Å². The molecule has 0 bridgehead atoms. The van der Waals surface area contributed by atoms with Gasteiger partial charge in [0.25, 0.3) is 0 Å². The molecule has 1 aliphatic rings. The van der Waals surface area contributed by atoms with Crippen LogP contribution in [0.15, 0.2) is 28.7 Å². The lowest BCUT2D eigenvalue weighted by Gasteiger charge is -2.34. The van der Waals surface area contributed by atoms with Crippen LogP contribution in [0.3, 0.4) is 0 Å². The number of alkyl halides is 3. The lowest BCUT2D eigenvalue weighted by atomic mass is 10.2. The van der Waals surface area contributed by atoms with Crippen molar-refractivity contribution in [1.29, 1.82) is 0 Å². The van der Waals surface area contributed by atoms with Crippen molar-refractivity contribution in [2.75, 3.05) is 26.2 Å². The van der Waals surface area contributed by atoms with Gasteiger partial charge in [-0.05, 0) is 40.5 Å². The Morgan fingerprint density at radius 2 is 1.93 bits per heavy atom. The highest BCUT2D eigenvalue weighted by atomic mass is 79.9. The summed E-state index contributed by atoms with van der Waals surface area (Å²) in [6.07, 6.45) is -4.57. The van der Waals surface area contributed by atoms with Crippen LogP contribution in [0.25, 0.3) is 0 Å². The van der Waals surface area contributed by atoms with Gasteiger partial charge in [-0.15, -0.1) is 0 Å². The molecule has 1 fully saturated rings. The van der Waals surface area contributed by atoms with Crippen LogP contribution in [0.1, 0.15) is 17.0 Å². The summed E-state index contributed by atoms with van der Waals surface area (Å²) in [7, 11) is 0. The van der Waals surface area contributed by atoms with Gasteiger partial charge in [0.05, 0.1) is 10.2 Å². The first-order valence-electron chi connectivity index (χ1n) is 8.70. The molecular formula is C18H19BrClF3N4O. The van der Waals surface area contributed by atoms with Crippen LogP contribution in [0, 0.1) is 6.92 Å². The normalized spacial score (nSPS) is 15.9. The highest BCUT2D eigenvalue weighted by molar-refractivity contribution is 9.10. The summed E-state index contributed by atoms with van der Waals surface area (Å²) in [6.45, 7) is 4.45. The quantitative estimate of drug-likeness (QED) is 0.666. The van der Waals surface area contributed by atoms with Crippen molar-refractivity contribution in [3.63, 3.8) is 0 Å². The van der Waals surface area contributed by atoms with Gasteiger partial charge in [-0.1, -0.05) is 23.7 Å². The van der Waals surface area contributed by atoms with Crippen molar-refractivity contribution >= 4 is 33.4 Å². The van der Waals surface area contributed by atoms with Gasteiger partial charge in [-0.2, -0.15) is 18.3 Å². The van der Waals surface area contributed by atoms with Crippen molar-refractivity contribution in [1.82, 2.24) is 19.6 Å². The molecule has 2 aromatic rings. The minimum absolute atomic E-state index is 0.126. The summed E-state index contributed by atoms with van der Waals surface area (Å²) in [5.41, 5.74) is 0.369. The Morgan fingerprint density at radius 1 is 1.25 bits per heavy atom. The molecule has 5 nitrogen and oxygen atoms in total. The molecule has 0 atom stereocenters. The number of hydrogen-bond acceptors (Lipinski definition) is 3. The van der Waals surface area contributed by atoms with Gasteiger partial charge in [-0.25, -0.2) is 0 Å². The monoisotopic (exact) mass is 478 g/mol. The Kier molecular flexibility index (Phi) is 6.36. The third kappa shape index (κ3) is 4.87. The number of halogens is 5. The first-order chi connectivity index (χ1) is 13.1. The maximum atomic E-state index is 13.0. The molecule has 3 rings (SSSR count). The molecule has 0 unspecified atom stereocenters. The van der Waals surface area contributed by atoms with Crippen molar-refractivity contribution < 1.29 is 18.0 Å². The van der Waals surface area contributed by atoms with Gasteiger partial charge in [0.1, 0.15) is 6.54 Å². The number of piperazine rings is 1. The van der Waals surface area contributed by atoms with E-state index in [9.17, 15) is 18.0 Å². The summed E-state index contributed by atoms with van der Waals surface area (Å²) in [4.78, 5) is 16.4. The molecule has 152 valence electrons. The Labute approximate surface area is 174 Å². The van der Waals surface area contributed by atoms with Gasteiger partial charge in [0, 0.05) is 37.7 Å². The smallest absolute Gasteiger partial charge is 0.339 e. The maximum Gasteiger partial charge on any atom is 0.436 e. The standard InChI is InChI=1S/C18H19BrClF3N4O/c1-12-16(19)17(18(21,22)23)24-27(12)11-15(28)26-7-5-25(6-8-26)10-13-3-2-4-14(20)9-13/h2-4,9H,5-8,10-11H2,1H3. The van der Waals surface area contributed by atoms with Gasteiger partial charge in [-0.3, -0.25) is 14.4 Å². The lowest BCUT2D eigenvalue weighted by molar-refractivity contribution is -0.142. The van der Waals surface area contributed by atoms with Crippen molar-refractivity contribution in [3.05, 3.63) is 50.7 Å². The molecule has 0 saturated carbocycles. The van der Waals surface area contributed by atoms with E-state index in [1.165, 1.54) is 6.92 Å². The SMILES string of the molecule is Cc1c(Br)c(C(F)(F)F)nn1CC(=O)N1CCN(Cc2cccc(Cl)c2)CC1. The van der Waals surface area contributed by atoms with Gasteiger partial charge in [0.15, 0.2) is 5.69 Å². The Morgan fingerprint density at radius 3 is 2.50 bits per heavy atom. The molecule has 28 heavy (non-hydrogen) atoms. The Balaban J connectivity index is 1.57. The molecule has 1 aliphatic heterocycles. The summed E-state index contributed by atoms with van der Waals surface area (Å²) in [5, 5.41) is 4.25. The highest BCUT2D eigenvalue weighted by Crippen LogP contribution is 2.35. The van der Waals surface area contributed by atoms with Crippen LogP contribution < -0.4 is 0 Å². The number of nitrogens with zero attached hydrogens (tertiary/aromatic N) is 4. The van der Waals surface area contributed by atoms with E-state index in [-0.39, 0.29) is 22.6 Å². The van der Waals surface area contributed by atoms with E-state index in [4.69, 9.17) is 11.6 Å². The Bertz CT molecular complexity index is 863. The number of rotatable bonds is 4. The average molecular weight is 480 g/mol. The van der Waals surface area contributed by atoms with Crippen LogP contribution in [0.4, 0.5) is 13.2 Å². The summed E-state index contributed by atoms with van der Waals surface area (Å²) < 4.78 is 39.9. The molecule has 10 heteroatoms. The van der Waals surface area contributed by atoms with E-state index in [2.05, 4.69) is 25.9 Å². The number of hydrogen-bond donors (Lipinski definition) is 0. The second-order valence-electron chi connectivity index (χ2n) is 6.69. The minimum Gasteiger partial charge on any atom is -0.339 e. The van der Waals surface area contributed by atoms with Crippen molar-refractivity contribution in [2.24, 2.45) is 0 Å². The fourth-order valence-electron chi connectivity index (χ4n) is 3.14. The van der Waals surface area contributed by atoms with E-state index >= 15 is 0 Å². The fraction of sp³-hybridized carbons (Fsp3) is 0.444. The summed E-state index contributed by atoms with van der Waals surface area (Å²) >= 11 is 8.93. The third-order valence-corrected chi connectivity index (χ3v) is 5.89. The van der Waals surface area contributed by atoms with Gasteiger partial charge in [0.2, 0.25) is 5.91 Å². The first kappa shape index (κ1) is 21.1. The fourth-order valence-corrected chi connectivity index (χ4v) is 3.86. The number of amides is 1. The molecule has 1 aromatic heterocycles. The molecule has 1 aromatic carbocycles. The zero-order valence-corrected chi connectivity index (χ0v) is 17.5. The van der Waals surface area contributed by atoms with E-state index in [0.717, 1.165) is 16.8 Å². The van der Waals surface area contributed by atoms with Crippen molar-refractivity contribution in [3.8, 4) is 0 Å². The maximum absolute atomic E-state index is 13.0. The van der Waals surface area contributed by atoms with Crippen LogP contribution in [0.2, 0.25) is 5.02 Å². The molecule has 0 radical (unpaired) electrons.